The highest BCUT2D eigenvalue weighted by molar-refractivity contribution is 9.09. The van der Waals surface area contributed by atoms with Gasteiger partial charge in [0.15, 0.2) is 0 Å². The van der Waals surface area contributed by atoms with Crippen LogP contribution in [0.2, 0.25) is 0 Å². The average molecular weight is 324 g/mol. The van der Waals surface area contributed by atoms with E-state index in [1.54, 1.807) is 0 Å². The van der Waals surface area contributed by atoms with Crippen LogP contribution in [0.4, 0.5) is 13.2 Å². The second-order valence-electron chi connectivity index (χ2n) is 3.96. The smallest absolute Gasteiger partial charge is 0.355 e. The van der Waals surface area contributed by atoms with Gasteiger partial charge in [-0.3, -0.25) is 4.79 Å². The minimum Gasteiger partial charge on any atom is -0.355 e. The fourth-order valence-corrected chi connectivity index (χ4v) is 1.48. The molecule has 0 fully saturated rings. The Labute approximate surface area is 112 Å². The number of alkyl halides is 4. The third kappa shape index (κ3) is 5.08. The van der Waals surface area contributed by atoms with E-state index in [-0.39, 0.29) is 17.2 Å². The molecule has 6 heteroatoms. The van der Waals surface area contributed by atoms with Crippen LogP contribution in [0.1, 0.15) is 18.1 Å². The van der Waals surface area contributed by atoms with Gasteiger partial charge in [0.2, 0.25) is 5.91 Å². The zero-order valence-corrected chi connectivity index (χ0v) is 11.3. The molecule has 1 aromatic carbocycles. The maximum atomic E-state index is 12.3. The van der Waals surface area contributed by atoms with Crippen molar-refractivity contribution in [2.24, 2.45) is 0 Å². The predicted molar refractivity (Wildman–Crippen MR) is 66.5 cm³/mol. The monoisotopic (exact) mass is 323 g/mol. The van der Waals surface area contributed by atoms with Crippen LogP contribution >= 0.6 is 15.9 Å². The Kier molecular flexibility index (Phi) is 5.19. The molecule has 0 aliphatic heterocycles. The maximum absolute atomic E-state index is 12.3. The number of amides is 1. The van der Waals surface area contributed by atoms with Crippen molar-refractivity contribution in [3.63, 3.8) is 0 Å². The zero-order valence-electron chi connectivity index (χ0n) is 9.72. The summed E-state index contributed by atoms with van der Waals surface area (Å²) in [5, 5.41) is 2.67. The van der Waals surface area contributed by atoms with E-state index in [9.17, 15) is 18.0 Å². The number of halogens is 4. The van der Waals surface area contributed by atoms with E-state index in [2.05, 4.69) is 21.2 Å². The summed E-state index contributed by atoms with van der Waals surface area (Å²) in [5.74, 6) is -0.207. The molecule has 0 radical (unpaired) electrons. The number of benzene rings is 1. The van der Waals surface area contributed by atoms with Gasteiger partial charge in [-0.15, -0.1) is 0 Å². The van der Waals surface area contributed by atoms with Gasteiger partial charge in [-0.2, -0.15) is 13.2 Å². The summed E-state index contributed by atoms with van der Waals surface area (Å²) in [6.45, 7) is 2.37. The van der Waals surface area contributed by atoms with Crippen LogP contribution in [0.25, 0.3) is 0 Å². The van der Waals surface area contributed by atoms with Gasteiger partial charge in [0, 0.05) is 11.4 Å². The Morgan fingerprint density at radius 2 is 1.89 bits per heavy atom. The minimum absolute atomic E-state index is 0.0812. The van der Waals surface area contributed by atoms with Crippen molar-refractivity contribution < 1.29 is 18.0 Å². The summed E-state index contributed by atoms with van der Waals surface area (Å²) in [5.41, 5.74) is -0.150. The van der Waals surface area contributed by atoms with Crippen molar-refractivity contribution in [2.75, 3.05) is 6.54 Å². The molecule has 0 saturated carbocycles. The van der Waals surface area contributed by atoms with E-state index in [1.165, 1.54) is 12.1 Å². The van der Waals surface area contributed by atoms with Crippen molar-refractivity contribution in [2.45, 2.75) is 24.3 Å². The molecule has 1 aromatic rings. The van der Waals surface area contributed by atoms with Crippen molar-refractivity contribution in [3.05, 3.63) is 35.4 Å². The van der Waals surface area contributed by atoms with Crippen LogP contribution in [-0.4, -0.2) is 17.3 Å². The highest BCUT2D eigenvalue weighted by Crippen LogP contribution is 2.29. The second-order valence-corrected chi connectivity index (χ2v) is 5.52. The van der Waals surface area contributed by atoms with Crippen LogP contribution in [0.5, 0.6) is 0 Å². The third-order valence-electron chi connectivity index (χ3n) is 2.23. The third-order valence-corrected chi connectivity index (χ3v) is 2.55. The Bertz CT molecular complexity index is 401. The standard InChI is InChI=1S/C12H13BrF3NO/c1-8(13)7-17-11(18)6-9-2-4-10(5-3-9)12(14,15)16/h2-5,8H,6-7H2,1H3,(H,17,18). The fourth-order valence-electron chi connectivity index (χ4n) is 1.31. The Morgan fingerprint density at radius 1 is 1.33 bits per heavy atom. The summed E-state index contributed by atoms with van der Waals surface area (Å²) in [6.07, 6.45) is -4.26. The van der Waals surface area contributed by atoms with Gasteiger partial charge in [0.05, 0.1) is 12.0 Å². The lowest BCUT2D eigenvalue weighted by atomic mass is 10.1. The Hall–Kier alpha value is -1.04. The van der Waals surface area contributed by atoms with E-state index in [4.69, 9.17) is 0 Å². The first-order valence-electron chi connectivity index (χ1n) is 5.36. The van der Waals surface area contributed by atoms with Crippen molar-refractivity contribution >= 4 is 21.8 Å². The number of carbonyl (C=O) groups excluding carboxylic acids is 1. The van der Waals surface area contributed by atoms with Gasteiger partial charge in [-0.05, 0) is 17.7 Å². The van der Waals surface area contributed by atoms with Crippen LogP contribution in [-0.2, 0) is 17.4 Å². The first-order chi connectivity index (χ1) is 8.29. The second kappa shape index (κ2) is 6.22. The topological polar surface area (TPSA) is 29.1 Å². The number of hydrogen-bond acceptors (Lipinski definition) is 1. The lowest BCUT2D eigenvalue weighted by molar-refractivity contribution is -0.137. The highest BCUT2D eigenvalue weighted by atomic mass is 79.9. The van der Waals surface area contributed by atoms with Crippen LogP contribution in [0.3, 0.4) is 0 Å². The SMILES string of the molecule is CC(Br)CNC(=O)Cc1ccc(C(F)(F)F)cc1. The lowest BCUT2D eigenvalue weighted by Gasteiger charge is -2.08. The minimum atomic E-state index is -4.34. The van der Waals surface area contributed by atoms with Gasteiger partial charge in [0.25, 0.3) is 0 Å². The van der Waals surface area contributed by atoms with Crippen LogP contribution < -0.4 is 5.32 Å². The van der Waals surface area contributed by atoms with Gasteiger partial charge < -0.3 is 5.32 Å². The van der Waals surface area contributed by atoms with Crippen molar-refractivity contribution in [3.8, 4) is 0 Å². The molecule has 18 heavy (non-hydrogen) atoms. The van der Waals surface area contributed by atoms with Crippen LogP contribution in [0, 0.1) is 0 Å². The molecule has 0 spiro atoms. The molecule has 1 amide bonds. The van der Waals surface area contributed by atoms with Crippen molar-refractivity contribution in [1.82, 2.24) is 5.32 Å². The molecule has 0 aliphatic rings. The first kappa shape index (κ1) is 15.0. The average Bonchev–Trinajstić information content (AvgIpc) is 2.26. The molecule has 0 bridgehead atoms. The molecule has 1 N–H and O–H groups in total. The van der Waals surface area contributed by atoms with E-state index < -0.39 is 11.7 Å². The number of rotatable bonds is 4. The van der Waals surface area contributed by atoms with E-state index in [0.29, 0.717) is 12.1 Å². The van der Waals surface area contributed by atoms with E-state index >= 15 is 0 Å². The first-order valence-corrected chi connectivity index (χ1v) is 6.27. The molecule has 1 atom stereocenters. The lowest BCUT2D eigenvalue weighted by Crippen LogP contribution is -2.29. The zero-order chi connectivity index (χ0) is 13.8. The summed E-state index contributed by atoms with van der Waals surface area (Å²) in [7, 11) is 0. The molecular formula is C12H13BrF3NO. The van der Waals surface area contributed by atoms with Crippen LogP contribution in [0.15, 0.2) is 24.3 Å². The highest BCUT2D eigenvalue weighted by Gasteiger charge is 2.29. The summed E-state index contributed by atoms with van der Waals surface area (Å²) < 4.78 is 36.9. The van der Waals surface area contributed by atoms with Gasteiger partial charge >= 0.3 is 6.18 Å². The molecule has 100 valence electrons. The quantitative estimate of drug-likeness (QED) is 0.847. The molecule has 0 aliphatic carbocycles. The summed E-state index contributed by atoms with van der Waals surface area (Å²) in [4.78, 5) is 11.6. The van der Waals surface area contributed by atoms with Gasteiger partial charge in [-0.1, -0.05) is 35.0 Å². The van der Waals surface area contributed by atoms with E-state index in [0.717, 1.165) is 12.1 Å². The Morgan fingerprint density at radius 3 is 2.33 bits per heavy atom. The number of hydrogen-bond donors (Lipinski definition) is 1. The fraction of sp³-hybridized carbons (Fsp3) is 0.417. The molecule has 1 unspecified atom stereocenters. The van der Waals surface area contributed by atoms with E-state index in [1.807, 2.05) is 6.92 Å². The normalized spacial score (nSPS) is 13.2. The molecule has 1 rings (SSSR count). The molecule has 0 saturated heterocycles. The molecular weight excluding hydrogens is 311 g/mol. The van der Waals surface area contributed by atoms with Crippen molar-refractivity contribution in [1.29, 1.82) is 0 Å². The number of carbonyl (C=O) groups is 1. The maximum Gasteiger partial charge on any atom is 0.416 e. The largest absolute Gasteiger partial charge is 0.416 e. The summed E-state index contributed by atoms with van der Waals surface area (Å²) in [6, 6.07) is 4.60. The number of nitrogens with one attached hydrogen (secondary N) is 1. The predicted octanol–water partition coefficient (Wildman–Crippen LogP) is 3.15. The summed E-state index contributed by atoms with van der Waals surface area (Å²) >= 11 is 3.28. The molecule has 0 aromatic heterocycles. The van der Waals surface area contributed by atoms with Gasteiger partial charge in [-0.25, -0.2) is 0 Å². The molecule has 2 nitrogen and oxygen atoms in total. The van der Waals surface area contributed by atoms with Gasteiger partial charge in [0.1, 0.15) is 0 Å². The molecule has 0 heterocycles. The Balaban J connectivity index is 2.56.